The van der Waals surface area contributed by atoms with E-state index in [9.17, 15) is 4.79 Å². The van der Waals surface area contributed by atoms with E-state index in [1.54, 1.807) is 13.8 Å². The average Bonchev–Trinajstić information content (AvgIpc) is 2.25. The van der Waals surface area contributed by atoms with Crippen molar-refractivity contribution in [3.8, 4) is 5.75 Å². The van der Waals surface area contributed by atoms with Gasteiger partial charge in [-0.05, 0) is 13.8 Å². The number of Topliss-reactive ketones (excluding diaryl/α,β-unsaturated/α-hetero) is 1. The molecule has 0 spiro atoms. The zero-order valence-corrected chi connectivity index (χ0v) is 12.7. The lowest BCUT2D eigenvalue weighted by molar-refractivity contribution is -0.128. The molecule has 0 amide bonds. The van der Waals surface area contributed by atoms with Crippen molar-refractivity contribution in [2.45, 2.75) is 34.6 Å². The average molecular weight is 290 g/mol. The molecule has 0 aliphatic rings. The summed E-state index contributed by atoms with van der Waals surface area (Å²) in [4.78, 5) is 16.0. The number of aromatic nitrogens is 1. The van der Waals surface area contributed by atoms with Crippen molar-refractivity contribution < 1.29 is 9.53 Å². The van der Waals surface area contributed by atoms with Gasteiger partial charge >= 0.3 is 0 Å². The Morgan fingerprint density at radius 3 is 2.00 bits per heavy atom. The number of ether oxygens (including phenoxy) is 1. The lowest BCUT2D eigenvalue weighted by Crippen LogP contribution is -2.26. The number of carbonyl (C=O) groups is 1. The molecule has 1 rings (SSSR count). The van der Waals surface area contributed by atoms with Crippen LogP contribution in [0.4, 0.5) is 0 Å². The minimum atomic E-state index is -0.448. The number of carbonyl (C=O) groups excluding carboxylic acids is 1. The van der Waals surface area contributed by atoms with Crippen molar-refractivity contribution >= 4 is 29.0 Å². The Balaban J connectivity index is 2.96. The molecule has 1 heterocycles. The highest BCUT2D eigenvalue weighted by Gasteiger charge is 2.23. The van der Waals surface area contributed by atoms with E-state index in [0.717, 1.165) is 0 Å². The van der Waals surface area contributed by atoms with Crippen LogP contribution in [0, 0.1) is 19.3 Å². The van der Waals surface area contributed by atoms with E-state index in [-0.39, 0.29) is 12.4 Å². The monoisotopic (exact) mass is 289 g/mol. The second-order valence-electron chi connectivity index (χ2n) is 5.20. The van der Waals surface area contributed by atoms with Crippen LogP contribution >= 0.6 is 23.2 Å². The fourth-order valence-corrected chi connectivity index (χ4v) is 1.69. The van der Waals surface area contributed by atoms with E-state index in [1.807, 2.05) is 20.8 Å². The highest BCUT2D eigenvalue weighted by atomic mass is 35.5. The van der Waals surface area contributed by atoms with Gasteiger partial charge in [-0.1, -0.05) is 44.0 Å². The Labute approximate surface area is 117 Å². The third-order valence-corrected chi connectivity index (χ3v) is 3.44. The summed E-state index contributed by atoms with van der Waals surface area (Å²) in [5.74, 6) is 0.322. The lowest BCUT2D eigenvalue weighted by atomic mass is 9.91. The first-order chi connectivity index (χ1) is 8.14. The maximum absolute atomic E-state index is 11.8. The Kier molecular flexibility index (Phi) is 4.62. The predicted octanol–water partition coefficient (Wildman–Crippen LogP) is 4.00. The first kappa shape index (κ1) is 15.3. The highest BCUT2D eigenvalue weighted by molar-refractivity contribution is 6.37. The van der Waals surface area contributed by atoms with E-state index in [0.29, 0.717) is 27.2 Å². The number of hydrogen-bond acceptors (Lipinski definition) is 3. The van der Waals surface area contributed by atoms with Crippen molar-refractivity contribution in [1.82, 2.24) is 4.98 Å². The third-order valence-electron chi connectivity index (χ3n) is 2.55. The minimum absolute atomic E-state index is 0.0123. The smallest absolute Gasteiger partial charge is 0.175 e. The molecule has 0 N–H and O–H groups in total. The molecule has 1 aromatic heterocycles. The minimum Gasteiger partial charge on any atom is -0.483 e. The second kappa shape index (κ2) is 5.45. The summed E-state index contributed by atoms with van der Waals surface area (Å²) in [6.07, 6.45) is 0. The number of rotatable bonds is 3. The molecule has 0 saturated carbocycles. The van der Waals surface area contributed by atoms with Crippen LogP contribution in [0.25, 0.3) is 0 Å². The van der Waals surface area contributed by atoms with Gasteiger partial charge in [-0.2, -0.15) is 0 Å². The molecule has 100 valence electrons. The summed E-state index contributed by atoms with van der Waals surface area (Å²) in [7, 11) is 0. The molecule has 0 atom stereocenters. The Morgan fingerprint density at radius 2 is 1.61 bits per heavy atom. The fraction of sp³-hybridized carbons (Fsp3) is 0.538. The van der Waals surface area contributed by atoms with Gasteiger partial charge in [0.05, 0.1) is 11.4 Å². The summed E-state index contributed by atoms with van der Waals surface area (Å²) >= 11 is 12.2. The maximum atomic E-state index is 11.8. The molecule has 3 nitrogen and oxygen atoms in total. The van der Waals surface area contributed by atoms with Crippen LogP contribution in [-0.2, 0) is 4.79 Å². The van der Waals surface area contributed by atoms with Gasteiger partial charge in [0.15, 0.2) is 11.5 Å². The van der Waals surface area contributed by atoms with Gasteiger partial charge < -0.3 is 4.74 Å². The molecule has 0 unspecified atom stereocenters. The zero-order chi connectivity index (χ0) is 14.1. The van der Waals surface area contributed by atoms with Crippen LogP contribution in [0.3, 0.4) is 0 Å². The van der Waals surface area contributed by atoms with Crippen LogP contribution < -0.4 is 4.74 Å². The SMILES string of the molecule is Cc1nc(C)c(Cl)c(OCC(=O)C(C)(C)C)c1Cl. The molecule has 0 fully saturated rings. The van der Waals surface area contributed by atoms with Crippen LogP contribution in [0.1, 0.15) is 32.2 Å². The Hall–Kier alpha value is -0.800. The van der Waals surface area contributed by atoms with E-state index in [2.05, 4.69) is 4.98 Å². The van der Waals surface area contributed by atoms with E-state index in [1.165, 1.54) is 0 Å². The molecule has 0 bridgehead atoms. The molecular weight excluding hydrogens is 273 g/mol. The largest absolute Gasteiger partial charge is 0.483 e. The summed E-state index contributed by atoms with van der Waals surface area (Å²) in [6, 6.07) is 0. The van der Waals surface area contributed by atoms with Gasteiger partial charge in [-0.15, -0.1) is 0 Å². The number of ketones is 1. The topological polar surface area (TPSA) is 39.2 Å². The van der Waals surface area contributed by atoms with Crippen molar-refractivity contribution in [2.75, 3.05) is 6.61 Å². The normalized spacial score (nSPS) is 11.5. The van der Waals surface area contributed by atoms with Gasteiger partial charge in [0.25, 0.3) is 0 Å². The highest BCUT2D eigenvalue weighted by Crippen LogP contribution is 2.36. The first-order valence-corrected chi connectivity index (χ1v) is 6.38. The predicted molar refractivity (Wildman–Crippen MR) is 73.7 cm³/mol. The van der Waals surface area contributed by atoms with E-state index < -0.39 is 5.41 Å². The van der Waals surface area contributed by atoms with Gasteiger partial charge in [0.2, 0.25) is 0 Å². The van der Waals surface area contributed by atoms with Crippen LogP contribution in [-0.4, -0.2) is 17.4 Å². The van der Waals surface area contributed by atoms with Crippen LogP contribution in [0.5, 0.6) is 5.75 Å². The number of halogens is 2. The number of aryl methyl sites for hydroxylation is 2. The van der Waals surface area contributed by atoms with Gasteiger partial charge in [0.1, 0.15) is 16.7 Å². The molecular formula is C13H17Cl2NO2. The second-order valence-corrected chi connectivity index (χ2v) is 5.96. The van der Waals surface area contributed by atoms with Crippen molar-refractivity contribution in [3.05, 3.63) is 21.4 Å². The first-order valence-electron chi connectivity index (χ1n) is 5.63. The van der Waals surface area contributed by atoms with Gasteiger partial charge in [0, 0.05) is 5.41 Å². The van der Waals surface area contributed by atoms with Gasteiger partial charge in [-0.25, -0.2) is 0 Å². The molecule has 0 saturated heterocycles. The van der Waals surface area contributed by atoms with Crippen molar-refractivity contribution in [2.24, 2.45) is 5.41 Å². The number of nitrogens with zero attached hydrogens (tertiary/aromatic N) is 1. The maximum Gasteiger partial charge on any atom is 0.175 e. The lowest BCUT2D eigenvalue weighted by Gasteiger charge is -2.18. The zero-order valence-electron chi connectivity index (χ0n) is 11.2. The molecule has 18 heavy (non-hydrogen) atoms. The summed E-state index contributed by atoms with van der Waals surface area (Å²) < 4.78 is 5.46. The quantitative estimate of drug-likeness (QED) is 0.844. The Morgan fingerprint density at radius 1 is 1.17 bits per heavy atom. The summed E-state index contributed by atoms with van der Waals surface area (Å²) in [5.41, 5.74) is 0.823. The van der Waals surface area contributed by atoms with E-state index >= 15 is 0 Å². The molecule has 0 aliphatic heterocycles. The fourth-order valence-electron chi connectivity index (χ4n) is 1.26. The molecule has 0 aliphatic carbocycles. The summed E-state index contributed by atoms with van der Waals surface area (Å²) in [6.45, 7) is 9.00. The van der Waals surface area contributed by atoms with Crippen molar-refractivity contribution in [1.29, 1.82) is 0 Å². The Bertz CT molecular complexity index is 453. The standard InChI is InChI=1S/C13H17Cl2NO2/c1-7-10(14)12(11(15)8(2)16-7)18-6-9(17)13(3,4)5/h6H2,1-5H3. The number of hydrogen-bond donors (Lipinski definition) is 0. The molecule has 0 radical (unpaired) electrons. The molecule has 0 aromatic carbocycles. The van der Waals surface area contributed by atoms with Crippen molar-refractivity contribution in [3.63, 3.8) is 0 Å². The van der Waals surface area contributed by atoms with Crippen LogP contribution in [0.15, 0.2) is 0 Å². The molecule has 1 aromatic rings. The number of pyridine rings is 1. The van der Waals surface area contributed by atoms with E-state index in [4.69, 9.17) is 27.9 Å². The third kappa shape index (κ3) is 3.36. The van der Waals surface area contributed by atoms with Gasteiger partial charge in [-0.3, -0.25) is 9.78 Å². The molecule has 5 heteroatoms. The summed E-state index contributed by atoms with van der Waals surface area (Å²) in [5, 5.41) is 0.708. The van der Waals surface area contributed by atoms with Crippen LogP contribution in [0.2, 0.25) is 10.0 Å².